The van der Waals surface area contributed by atoms with Gasteiger partial charge in [-0.15, -0.1) is 0 Å². The summed E-state index contributed by atoms with van der Waals surface area (Å²) in [5, 5.41) is 0. The van der Waals surface area contributed by atoms with Gasteiger partial charge in [0.1, 0.15) is 12.1 Å². The summed E-state index contributed by atoms with van der Waals surface area (Å²) in [5.41, 5.74) is 0.320. The number of likely N-dealkylation sites (tertiary alicyclic amines) is 2. The number of hydrogen-bond donors (Lipinski definition) is 0. The molecular weight excluding hydrogens is 616 g/mol. The van der Waals surface area contributed by atoms with Gasteiger partial charge in [0.25, 0.3) is 0 Å². The van der Waals surface area contributed by atoms with Crippen molar-refractivity contribution < 1.29 is 40.5 Å². The van der Waals surface area contributed by atoms with Crippen molar-refractivity contribution in [3.8, 4) is 0 Å². The van der Waals surface area contributed by atoms with Crippen LogP contribution in [0.4, 0.5) is 0 Å². The first-order valence-corrected chi connectivity index (χ1v) is 18.2. The molecule has 0 aromatic rings. The van der Waals surface area contributed by atoms with Gasteiger partial charge in [-0.3, -0.25) is 14.5 Å². The number of piperidine rings is 2. The summed E-state index contributed by atoms with van der Waals surface area (Å²) in [6, 6.07) is 0.732. The molecule has 6 fully saturated rings. The average molecular weight is 678 g/mol. The molecule has 4 saturated carbocycles. The third-order valence-electron chi connectivity index (χ3n) is 14.2. The summed E-state index contributed by atoms with van der Waals surface area (Å²) in [6.45, 7) is 18.6. The number of fused-ring (bicyclic) bond motifs is 5. The Balaban J connectivity index is 0.00000384. The third kappa shape index (κ3) is 5.98. The summed E-state index contributed by atoms with van der Waals surface area (Å²) in [4.78, 5) is 27.9. The topological polar surface area (TPSA) is 55.8 Å². The number of carbonyl (C=O) groups excluding carboxylic acids is 2. The van der Waals surface area contributed by atoms with Crippen LogP contribution in [0.25, 0.3) is 0 Å². The minimum atomic E-state index is -0.114. The smallest absolute Gasteiger partial charge is 0.306 e. The Hall–Kier alpha value is -0.920. The van der Waals surface area contributed by atoms with E-state index in [4.69, 9.17) is 9.47 Å². The van der Waals surface area contributed by atoms with Crippen molar-refractivity contribution in [3.63, 3.8) is 0 Å². The molecule has 0 bridgehead atoms. The predicted molar refractivity (Wildman–Crippen MR) is 170 cm³/mol. The summed E-state index contributed by atoms with van der Waals surface area (Å²) >= 11 is 0. The van der Waals surface area contributed by atoms with E-state index in [0.29, 0.717) is 42.2 Å². The van der Waals surface area contributed by atoms with Gasteiger partial charge in [0.2, 0.25) is 0 Å². The van der Waals surface area contributed by atoms with Gasteiger partial charge in [0.05, 0.1) is 19.6 Å². The molecule has 10 atom stereocenters. The fraction of sp³-hybridized carbons (Fsp3) is 0.892. The molecule has 2 saturated heterocycles. The van der Waals surface area contributed by atoms with E-state index in [1.807, 2.05) is 6.92 Å². The maximum absolute atomic E-state index is 13.0. The van der Waals surface area contributed by atoms with E-state index in [2.05, 4.69) is 31.4 Å². The molecule has 2 aliphatic heterocycles. The molecule has 7 heteroatoms. The molecule has 0 amide bonds. The number of esters is 2. The van der Waals surface area contributed by atoms with Crippen molar-refractivity contribution in [2.45, 2.75) is 142 Å². The van der Waals surface area contributed by atoms with Gasteiger partial charge in [-0.1, -0.05) is 33.8 Å². The Kier molecular flexibility index (Phi) is 10.7. The number of ether oxygens (including phenoxy) is 2. The molecule has 6 rings (SSSR count). The van der Waals surface area contributed by atoms with Gasteiger partial charge in [-0.05, 0) is 119 Å². The van der Waals surface area contributed by atoms with Crippen molar-refractivity contribution in [3.05, 3.63) is 12.7 Å². The average Bonchev–Trinajstić information content (AvgIpc) is 3.30. The maximum atomic E-state index is 13.0. The molecule has 0 aromatic heterocycles. The molecule has 10 unspecified atom stereocenters. The number of rotatable bonds is 7. The SMILES string of the molecule is C=CC[N+]1(C2CC3C4CCC5CC(OC(C)=O)C(N6CCCCC6)CC5(C)C4CCC3(C)C2OC(=O)CC)CCCCC1.[Br-]. The van der Waals surface area contributed by atoms with E-state index in [9.17, 15) is 9.59 Å². The monoisotopic (exact) mass is 676 g/mol. The van der Waals surface area contributed by atoms with E-state index in [1.54, 1.807) is 6.92 Å². The van der Waals surface area contributed by atoms with Crippen LogP contribution in [0.5, 0.6) is 0 Å². The zero-order valence-corrected chi connectivity index (χ0v) is 29.8. The Labute approximate surface area is 278 Å². The van der Waals surface area contributed by atoms with Gasteiger partial charge >= 0.3 is 11.9 Å². The quantitative estimate of drug-likeness (QED) is 0.233. The first-order chi connectivity index (χ1) is 20.6. The zero-order valence-electron chi connectivity index (χ0n) is 28.2. The molecule has 0 spiro atoms. The molecule has 4 aliphatic carbocycles. The third-order valence-corrected chi connectivity index (χ3v) is 14.2. The predicted octanol–water partition coefficient (Wildman–Crippen LogP) is 3.92. The second kappa shape index (κ2) is 13.7. The summed E-state index contributed by atoms with van der Waals surface area (Å²) in [7, 11) is 0. The van der Waals surface area contributed by atoms with Crippen LogP contribution in [0.1, 0.15) is 118 Å². The molecule has 6 nitrogen and oxygen atoms in total. The summed E-state index contributed by atoms with van der Waals surface area (Å²) in [5.74, 6) is 2.48. The largest absolute Gasteiger partial charge is 1.00 e. The Morgan fingerprint density at radius 1 is 0.932 bits per heavy atom. The molecular formula is C37H61BrN2O4. The van der Waals surface area contributed by atoms with Crippen molar-refractivity contribution in [1.29, 1.82) is 0 Å². The van der Waals surface area contributed by atoms with E-state index >= 15 is 0 Å². The maximum Gasteiger partial charge on any atom is 0.306 e. The molecule has 6 aliphatic rings. The number of nitrogens with zero attached hydrogens (tertiary/aromatic N) is 2. The van der Waals surface area contributed by atoms with Crippen LogP contribution < -0.4 is 17.0 Å². The van der Waals surface area contributed by atoms with Gasteiger partial charge in [0.15, 0.2) is 6.10 Å². The van der Waals surface area contributed by atoms with E-state index in [0.717, 1.165) is 43.4 Å². The number of quaternary nitrogens is 1. The molecule has 44 heavy (non-hydrogen) atoms. The van der Waals surface area contributed by atoms with Crippen molar-refractivity contribution >= 4 is 11.9 Å². The van der Waals surface area contributed by atoms with E-state index < -0.39 is 0 Å². The van der Waals surface area contributed by atoms with Crippen molar-refractivity contribution in [1.82, 2.24) is 4.90 Å². The first kappa shape index (κ1) is 34.4. The van der Waals surface area contributed by atoms with Crippen LogP contribution in [0, 0.1) is 34.5 Å². The number of carbonyl (C=O) groups is 2. The van der Waals surface area contributed by atoms with Crippen LogP contribution >= 0.6 is 0 Å². The lowest BCUT2D eigenvalue weighted by molar-refractivity contribution is -0.952. The van der Waals surface area contributed by atoms with E-state index in [1.165, 1.54) is 77.3 Å². The Morgan fingerprint density at radius 2 is 1.64 bits per heavy atom. The van der Waals surface area contributed by atoms with Gasteiger partial charge in [-0.2, -0.15) is 0 Å². The zero-order chi connectivity index (χ0) is 30.4. The Morgan fingerprint density at radius 3 is 2.30 bits per heavy atom. The molecule has 0 aromatic carbocycles. The second-order valence-corrected chi connectivity index (χ2v) is 16.2. The highest BCUT2D eigenvalue weighted by molar-refractivity contribution is 5.69. The van der Waals surface area contributed by atoms with Crippen molar-refractivity contribution in [2.75, 3.05) is 32.7 Å². The highest BCUT2D eigenvalue weighted by Gasteiger charge is 2.67. The van der Waals surface area contributed by atoms with Crippen molar-refractivity contribution in [2.24, 2.45) is 34.5 Å². The number of halogens is 1. The second-order valence-electron chi connectivity index (χ2n) is 16.2. The normalized spacial score (nSPS) is 43.4. The summed E-state index contributed by atoms with van der Waals surface area (Å²) in [6.07, 6.45) is 18.7. The fourth-order valence-electron chi connectivity index (χ4n) is 12.2. The molecule has 250 valence electrons. The van der Waals surface area contributed by atoms with Crippen LogP contribution in [-0.2, 0) is 19.1 Å². The van der Waals surface area contributed by atoms with E-state index in [-0.39, 0.29) is 52.0 Å². The first-order valence-electron chi connectivity index (χ1n) is 18.2. The minimum absolute atomic E-state index is 0. The van der Waals surface area contributed by atoms with Crippen LogP contribution in [-0.4, -0.2) is 78.3 Å². The lowest BCUT2D eigenvalue weighted by atomic mass is 9.44. The van der Waals surface area contributed by atoms with Crippen LogP contribution in [0.3, 0.4) is 0 Å². The van der Waals surface area contributed by atoms with Gasteiger partial charge in [0, 0.05) is 31.2 Å². The van der Waals surface area contributed by atoms with Crippen LogP contribution in [0.15, 0.2) is 12.7 Å². The minimum Gasteiger partial charge on any atom is -1.00 e. The fourth-order valence-corrected chi connectivity index (χ4v) is 12.2. The lowest BCUT2D eigenvalue weighted by Gasteiger charge is -2.62. The highest BCUT2D eigenvalue weighted by atomic mass is 79.9. The summed E-state index contributed by atoms with van der Waals surface area (Å²) < 4.78 is 13.8. The highest BCUT2D eigenvalue weighted by Crippen LogP contribution is 2.68. The standard InChI is InChI=1S/C37H61N2O4.BrH/c1-6-20-39(21-12-9-13-22-39)32-24-30-28-15-14-27-23-33(42-26(3)40)31(38-18-10-8-11-19-38)25-37(27,5)29(28)16-17-36(30,4)35(32)43-34(41)7-2;/h6,27-33,35H,1,7-25H2,2-5H3;1H/q+1;/p-1. The molecule has 0 radical (unpaired) electrons. The number of hydrogen-bond acceptors (Lipinski definition) is 5. The molecule has 2 heterocycles. The lowest BCUT2D eigenvalue weighted by Crippen LogP contribution is -3.00. The Bertz CT molecular complexity index is 1040. The molecule has 0 N–H and O–H groups in total. The van der Waals surface area contributed by atoms with Gasteiger partial charge in [-0.25, -0.2) is 0 Å². The van der Waals surface area contributed by atoms with Crippen LogP contribution in [0.2, 0.25) is 0 Å². The van der Waals surface area contributed by atoms with Gasteiger partial charge < -0.3 is 30.9 Å².